The molecule has 2 rings (SSSR count). The summed E-state index contributed by atoms with van der Waals surface area (Å²) in [6.45, 7) is 5.62. The van der Waals surface area contributed by atoms with Gasteiger partial charge in [-0.2, -0.15) is 0 Å². The zero-order chi connectivity index (χ0) is 18.1. The lowest BCUT2D eigenvalue weighted by Crippen LogP contribution is -2.49. The van der Waals surface area contributed by atoms with Gasteiger partial charge in [-0.05, 0) is 30.7 Å². The summed E-state index contributed by atoms with van der Waals surface area (Å²) in [5.74, 6) is 0.587. The number of amides is 2. The summed E-state index contributed by atoms with van der Waals surface area (Å²) in [7, 11) is 1.65. The highest BCUT2D eigenvalue weighted by Crippen LogP contribution is 2.20. The Hall–Kier alpha value is -2.24. The first-order chi connectivity index (χ1) is 12.1. The van der Waals surface area contributed by atoms with Crippen molar-refractivity contribution in [3.05, 3.63) is 24.3 Å². The van der Waals surface area contributed by atoms with E-state index in [1.807, 2.05) is 24.3 Å². The predicted octanol–water partition coefficient (Wildman–Crippen LogP) is 2.04. The summed E-state index contributed by atoms with van der Waals surface area (Å²) in [5.41, 5.74) is 1.13. The number of carbonyl (C=O) groups is 2. The van der Waals surface area contributed by atoms with E-state index in [2.05, 4.69) is 17.1 Å². The predicted molar refractivity (Wildman–Crippen MR) is 98.9 cm³/mol. The largest absolute Gasteiger partial charge is 0.497 e. The zero-order valence-electron chi connectivity index (χ0n) is 15.3. The van der Waals surface area contributed by atoms with Crippen molar-refractivity contribution in [3.63, 3.8) is 0 Å². The van der Waals surface area contributed by atoms with Gasteiger partial charge in [0.05, 0.1) is 7.11 Å². The number of ether oxygens (including phenoxy) is 1. The lowest BCUT2D eigenvalue weighted by atomic mass is 10.2. The molecule has 1 aliphatic rings. The third-order valence-corrected chi connectivity index (χ3v) is 4.48. The molecule has 1 N–H and O–H groups in total. The smallest absolute Gasteiger partial charge is 0.232 e. The number of nitrogens with zero attached hydrogens (tertiary/aromatic N) is 2. The maximum absolute atomic E-state index is 12.3. The molecule has 1 saturated heterocycles. The highest BCUT2D eigenvalue weighted by atomic mass is 16.5. The van der Waals surface area contributed by atoms with Crippen LogP contribution in [0.1, 0.15) is 32.6 Å². The second-order valence-corrected chi connectivity index (χ2v) is 6.30. The fourth-order valence-corrected chi connectivity index (χ4v) is 2.92. The van der Waals surface area contributed by atoms with Gasteiger partial charge in [0.2, 0.25) is 11.8 Å². The SMILES string of the molecule is CCCCCNC(=O)CC(=O)N1CCN(c2ccc(OC)cc2)CC1. The van der Waals surface area contributed by atoms with Crippen molar-refractivity contribution in [3.8, 4) is 5.75 Å². The van der Waals surface area contributed by atoms with Gasteiger partial charge in [-0.3, -0.25) is 9.59 Å². The lowest BCUT2D eigenvalue weighted by molar-refractivity contribution is -0.136. The molecule has 2 amide bonds. The molecule has 1 aromatic rings. The summed E-state index contributed by atoms with van der Waals surface area (Å²) in [5, 5.41) is 2.82. The van der Waals surface area contributed by atoms with Crippen molar-refractivity contribution < 1.29 is 14.3 Å². The molecule has 6 heteroatoms. The number of carbonyl (C=O) groups excluding carboxylic acids is 2. The van der Waals surface area contributed by atoms with Crippen LogP contribution >= 0.6 is 0 Å². The summed E-state index contributed by atoms with van der Waals surface area (Å²) < 4.78 is 5.17. The molecule has 138 valence electrons. The molecule has 1 aromatic carbocycles. The Morgan fingerprint density at radius 2 is 1.76 bits per heavy atom. The van der Waals surface area contributed by atoms with E-state index in [1.54, 1.807) is 12.0 Å². The van der Waals surface area contributed by atoms with Gasteiger partial charge in [0.1, 0.15) is 12.2 Å². The number of unbranched alkanes of at least 4 members (excludes halogenated alkanes) is 2. The van der Waals surface area contributed by atoms with Crippen LogP contribution in [0.15, 0.2) is 24.3 Å². The molecule has 0 unspecified atom stereocenters. The quantitative estimate of drug-likeness (QED) is 0.577. The van der Waals surface area contributed by atoms with Gasteiger partial charge in [-0.1, -0.05) is 19.8 Å². The van der Waals surface area contributed by atoms with Crippen molar-refractivity contribution in [1.82, 2.24) is 10.2 Å². The second kappa shape index (κ2) is 9.91. The third kappa shape index (κ3) is 5.96. The fraction of sp³-hybridized carbons (Fsp3) is 0.579. The van der Waals surface area contributed by atoms with E-state index in [4.69, 9.17) is 4.74 Å². The van der Waals surface area contributed by atoms with Gasteiger partial charge >= 0.3 is 0 Å². The molecule has 0 bridgehead atoms. The van der Waals surface area contributed by atoms with Crippen molar-refractivity contribution >= 4 is 17.5 Å². The Morgan fingerprint density at radius 1 is 1.08 bits per heavy atom. The highest BCUT2D eigenvalue weighted by Gasteiger charge is 2.22. The van der Waals surface area contributed by atoms with E-state index in [1.165, 1.54) is 0 Å². The van der Waals surface area contributed by atoms with Crippen LogP contribution in [-0.2, 0) is 9.59 Å². The van der Waals surface area contributed by atoms with Gasteiger partial charge in [0, 0.05) is 38.4 Å². The van der Waals surface area contributed by atoms with Gasteiger partial charge in [0.25, 0.3) is 0 Å². The molecule has 1 fully saturated rings. The van der Waals surface area contributed by atoms with E-state index in [9.17, 15) is 9.59 Å². The van der Waals surface area contributed by atoms with Crippen molar-refractivity contribution in [1.29, 1.82) is 0 Å². The standard InChI is InChI=1S/C19H29N3O3/c1-3-4-5-10-20-18(23)15-19(24)22-13-11-21(12-14-22)16-6-8-17(25-2)9-7-16/h6-9H,3-5,10-15H2,1-2H3,(H,20,23). The normalized spacial score (nSPS) is 14.3. The number of nitrogens with one attached hydrogen (secondary N) is 1. The van der Waals surface area contributed by atoms with E-state index in [-0.39, 0.29) is 18.2 Å². The minimum atomic E-state index is -0.168. The minimum Gasteiger partial charge on any atom is -0.497 e. The van der Waals surface area contributed by atoms with Crippen molar-refractivity contribution in [2.24, 2.45) is 0 Å². The van der Waals surface area contributed by atoms with Crippen LogP contribution in [0.5, 0.6) is 5.75 Å². The number of methoxy groups -OCH3 is 1. The Kier molecular flexibility index (Phi) is 7.57. The van der Waals surface area contributed by atoms with Gasteiger partial charge in [0.15, 0.2) is 0 Å². The number of piperazine rings is 1. The van der Waals surface area contributed by atoms with Gasteiger partial charge in [-0.15, -0.1) is 0 Å². The topological polar surface area (TPSA) is 61.9 Å². The molecule has 0 atom stereocenters. The number of anilines is 1. The molecule has 0 spiro atoms. The molecule has 6 nitrogen and oxygen atoms in total. The Morgan fingerprint density at radius 3 is 2.36 bits per heavy atom. The first-order valence-electron chi connectivity index (χ1n) is 9.07. The molecule has 0 saturated carbocycles. The number of benzene rings is 1. The third-order valence-electron chi connectivity index (χ3n) is 4.48. The maximum Gasteiger partial charge on any atom is 0.232 e. The molecule has 25 heavy (non-hydrogen) atoms. The van der Waals surface area contributed by atoms with Crippen LogP contribution in [0.2, 0.25) is 0 Å². The Labute approximate surface area is 150 Å². The van der Waals surface area contributed by atoms with Gasteiger partial charge in [-0.25, -0.2) is 0 Å². The zero-order valence-corrected chi connectivity index (χ0v) is 15.3. The summed E-state index contributed by atoms with van der Waals surface area (Å²) in [6, 6.07) is 7.94. The molecule has 1 aliphatic heterocycles. The van der Waals surface area contributed by atoms with Crippen molar-refractivity contribution in [2.45, 2.75) is 32.6 Å². The van der Waals surface area contributed by atoms with Crippen LogP contribution in [0.25, 0.3) is 0 Å². The van der Waals surface area contributed by atoms with Gasteiger partial charge < -0.3 is 19.9 Å². The van der Waals surface area contributed by atoms with Crippen LogP contribution in [0.4, 0.5) is 5.69 Å². The summed E-state index contributed by atoms with van der Waals surface area (Å²) in [6.07, 6.45) is 3.14. The first kappa shape index (κ1) is 19.1. The second-order valence-electron chi connectivity index (χ2n) is 6.30. The molecule has 0 aromatic heterocycles. The van der Waals surface area contributed by atoms with Crippen LogP contribution in [0, 0.1) is 0 Å². The van der Waals surface area contributed by atoms with Crippen LogP contribution in [0.3, 0.4) is 0 Å². The van der Waals surface area contributed by atoms with Crippen molar-refractivity contribution in [2.75, 3.05) is 44.7 Å². The fourth-order valence-electron chi connectivity index (χ4n) is 2.92. The molecule has 1 heterocycles. The Balaban J connectivity index is 1.73. The number of rotatable bonds is 8. The highest BCUT2D eigenvalue weighted by molar-refractivity contribution is 5.96. The minimum absolute atomic E-state index is 0.0470. The number of hydrogen-bond donors (Lipinski definition) is 1. The number of hydrogen-bond acceptors (Lipinski definition) is 4. The first-order valence-corrected chi connectivity index (χ1v) is 9.07. The average molecular weight is 347 g/mol. The molecular formula is C19H29N3O3. The Bertz CT molecular complexity index is 552. The van der Waals surface area contributed by atoms with Crippen LogP contribution in [-0.4, -0.2) is 56.5 Å². The molecular weight excluding hydrogens is 318 g/mol. The summed E-state index contributed by atoms with van der Waals surface area (Å²) in [4.78, 5) is 28.1. The monoisotopic (exact) mass is 347 g/mol. The average Bonchev–Trinajstić information content (AvgIpc) is 2.65. The van der Waals surface area contributed by atoms with Crippen LogP contribution < -0.4 is 15.0 Å². The van der Waals surface area contributed by atoms with E-state index >= 15 is 0 Å². The van der Waals surface area contributed by atoms with E-state index < -0.39 is 0 Å². The van der Waals surface area contributed by atoms with E-state index in [0.29, 0.717) is 19.6 Å². The van der Waals surface area contributed by atoms with E-state index in [0.717, 1.165) is 43.8 Å². The summed E-state index contributed by atoms with van der Waals surface area (Å²) >= 11 is 0. The molecule has 0 aliphatic carbocycles. The maximum atomic E-state index is 12.3. The lowest BCUT2D eigenvalue weighted by Gasteiger charge is -2.36. The molecule has 0 radical (unpaired) electrons.